The van der Waals surface area contributed by atoms with Crippen LogP contribution in [0.5, 0.6) is 5.75 Å². The number of benzene rings is 1. The molecule has 3 atom stereocenters. The van der Waals surface area contributed by atoms with Crippen molar-refractivity contribution in [2.45, 2.75) is 58.3 Å². The molecule has 1 saturated heterocycles. The van der Waals surface area contributed by atoms with Gasteiger partial charge >= 0.3 is 5.97 Å². The highest BCUT2D eigenvalue weighted by molar-refractivity contribution is 5.70. The summed E-state index contributed by atoms with van der Waals surface area (Å²) in [5.41, 5.74) is 0.177. The van der Waals surface area contributed by atoms with Gasteiger partial charge in [0.05, 0.1) is 13.0 Å². The predicted octanol–water partition coefficient (Wildman–Crippen LogP) is 4.67. The molecular formula is C24H32FN3O4. The van der Waals surface area contributed by atoms with E-state index in [2.05, 4.69) is 28.9 Å². The van der Waals surface area contributed by atoms with Gasteiger partial charge in [-0.2, -0.15) is 4.98 Å². The standard InChI is InChI=1S/C24H32FN3O4/c1-15(2)23-26-24(27-32-23)28-9-3-4-16(7-10-28)20-12-17(20)8-11-31-19-6-5-18(13-22(29)30)21(25)14-19/h5-6,14-17,20H,3-4,7-13H2,1-2H3,(H,29,30)/t16?,17-,20-/m1/s1. The SMILES string of the molecule is CC(C)c1nc(N2CCCC([C@H]3C[C@H]3CCOc3ccc(CC(=O)O)c(F)c3)CC2)no1. The van der Waals surface area contributed by atoms with Crippen molar-refractivity contribution in [3.63, 3.8) is 0 Å². The molecule has 2 aromatic rings. The van der Waals surface area contributed by atoms with Crippen molar-refractivity contribution < 1.29 is 23.6 Å². The van der Waals surface area contributed by atoms with Gasteiger partial charge < -0.3 is 19.3 Å². The number of anilines is 1. The van der Waals surface area contributed by atoms with Crippen LogP contribution >= 0.6 is 0 Å². The first-order valence-electron chi connectivity index (χ1n) is 11.6. The van der Waals surface area contributed by atoms with E-state index in [4.69, 9.17) is 14.4 Å². The van der Waals surface area contributed by atoms with Crippen molar-refractivity contribution in [3.8, 4) is 5.75 Å². The molecule has 2 heterocycles. The van der Waals surface area contributed by atoms with Gasteiger partial charge in [0.2, 0.25) is 5.89 Å². The molecule has 1 saturated carbocycles. The maximum Gasteiger partial charge on any atom is 0.307 e. The lowest BCUT2D eigenvalue weighted by atomic mass is 9.93. The largest absolute Gasteiger partial charge is 0.493 e. The molecule has 1 aliphatic carbocycles. The molecule has 0 bridgehead atoms. The summed E-state index contributed by atoms with van der Waals surface area (Å²) in [6, 6.07) is 4.42. The normalized spacial score (nSPS) is 23.2. The highest BCUT2D eigenvalue weighted by Crippen LogP contribution is 2.49. The first-order valence-corrected chi connectivity index (χ1v) is 11.6. The molecule has 2 fully saturated rings. The molecule has 1 aromatic carbocycles. The molecule has 8 heteroatoms. The van der Waals surface area contributed by atoms with Crippen LogP contribution in [0.1, 0.15) is 63.3 Å². The molecule has 174 valence electrons. The van der Waals surface area contributed by atoms with Gasteiger partial charge in [0, 0.05) is 25.1 Å². The summed E-state index contributed by atoms with van der Waals surface area (Å²) in [5.74, 6) is 2.66. The number of halogens is 1. The number of aliphatic carboxylic acids is 1. The van der Waals surface area contributed by atoms with Crippen LogP contribution in [0.25, 0.3) is 0 Å². The van der Waals surface area contributed by atoms with Crippen LogP contribution in [0.4, 0.5) is 10.3 Å². The van der Waals surface area contributed by atoms with Crippen LogP contribution in [0.2, 0.25) is 0 Å². The Morgan fingerprint density at radius 1 is 1.34 bits per heavy atom. The van der Waals surface area contributed by atoms with Gasteiger partial charge in [0.25, 0.3) is 5.95 Å². The second-order valence-electron chi connectivity index (χ2n) is 9.39. The minimum atomic E-state index is -1.04. The van der Waals surface area contributed by atoms with Crippen LogP contribution in [-0.2, 0) is 11.2 Å². The maximum absolute atomic E-state index is 14.0. The molecule has 2 aliphatic rings. The van der Waals surface area contributed by atoms with Gasteiger partial charge in [-0.1, -0.05) is 19.9 Å². The third-order valence-corrected chi connectivity index (χ3v) is 6.69. The number of carboxylic acids is 1. The lowest BCUT2D eigenvalue weighted by Crippen LogP contribution is -2.25. The molecular weight excluding hydrogens is 413 g/mol. The molecule has 1 N–H and O–H groups in total. The molecule has 0 amide bonds. The number of carboxylic acid groups (broad SMARTS) is 1. The fraction of sp³-hybridized carbons (Fsp3) is 0.625. The quantitative estimate of drug-likeness (QED) is 0.600. The number of rotatable bonds is 9. The molecule has 0 radical (unpaired) electrons. The summed E-state index contributed by atoms with van der Waals surface area (Å²) < 4.78 is 25.1. The molecule has 1 aromatic heterocycles. The Kier molecular flexibility index (Phi) is 6.96. The lowest BCUT2D eigenvalue weighted by molar-refractivity contribution is -0.136. The second-order valence-corrected chi connectivity index (χ2v) is 9.39. The summed E-state index contributed by atoms with van der Waals surface area (Å²) >= 11 is 0. The number of hydrogen-bond acceptors (Lipinski definition) is 6. The number of nitrogens with zero attached hydrogens (tertiary/aromatic N) is 3. The first-order chi connectivity index (χ1) is 15.4. The number of carbonyl (C=O) groups is 1. The van der Waals surface area contributed by atoms with Crippen molar-refractivity contribution in [1.29, 1.82) is 0 Å². The summed E-state index contributed by atoms with van der Waals surface area (Å²) in [6.07, 6.45) is 5.39. The summed E-state index contributed by atoms with van der Waals surface area (Å²) in [4.78, 5) is 17.5. The van der Waals surface area contributed by atoms with Crippen molar-refractivity contribution in [3.05, 3.63) is 35.5 Å². The zero-order chi connectivity index (χ0) is 22.7. The van der Waals surface area contributed by atoms with E-state index in [1.165, 1.54) is 25.0 Å². The van der Waals surface area contributed by atoms with E-state index in [-0.39, 0.29) is 17.9 Å². The minimum absolute atomic E-state index is 0.177. The van der Waals surface area contributed by atoms with Crippen LogP contribution < -0.4 is 9.64 Å². The zero-order valence-electron chi connectivity index (χ0n) is 18.8. The van der Waals surface area contributed by atoms with E-state index in [0.29, 0.717) is 30.1 Å². The Balaban J connectivity index is 1.20. The van der Waals surface area contributed by atoms with E-state index < -0.39 is 11.8 Å². The lowest BCUT2D eigenvalue weighted by Gasteiger charge is -2.18. The van der Waals surface area contributed by atoms with Gasteiger partial charge in [-0.3, -0.25) is 4.79 Å². The predicted molar refractivity (Wildman–Crippen MR) is 117 cm³/mol. The van der Waals surface area contributed by atoms with Crippen LogP contribution in [0.15, 0.2) is 22.7 Å². The number of ether oxygens (including phenoxy) is 1. The van der Waals surface area contributed by atoms with Gasteiger partial charge in [-0.25, -0.2) is 4.39 Å². The van der Waals surface area contributed by atoms with Crippen LogP contribution in [0.3, 0.4) is 0 Å². The second kappa shape index (κ2) is 9.88. The molecule has 7 nitrogen and oxygen atoms in total. The fourth-order valence-corrected chi connectivity index (χ4v) is 4.77. The highest BCUT2D eigenvalue weighted by atomic mass is 19.1. The Morgan fingerprint density at radius 2 is 2.19 bits per heavy atom. The average molecular weight is 446 g/mol. The van der Waals surface area contributed by atoms with Gasteiger partial charge in [-0.15, -0.1) is 0 Å². The minimum Gasteiger partial charge on any atom is -0.493 e. The Labute approximate surface area is 187 Å². The maximum atomic E-state index is 14.0. The smallest absolute Gasteiger partial charge is 0.307 e. The number of aromatic nitrogens is 2. The van der Waals surface area contributed by atoms with Gasteiger partial charge in [0.15, 0.2) is 0 Å². The molecule has 1 unspecified atom stereocenters. The molecule has 32 heavy (non-hydrogen) atoms. The summed E-state index contributed by atoms with van der Waals surface area (Å²) in [6.45, 7) is 6.59. The molecule has 4 rings (SSSR count). The summed E-state index contributed by atoms with van der Waals surface area (Å²) in [7, 11) is 0. The third-order valence-electron chi connectivity index (χ3n) is 6.69. The van der Waals surface area contributed by atoms with E-state index in [1.807, 2.05) is 0 Å². The molecule has 1 aliphatic heterocycles. The Hall–Kier alpha value is -2.64. The molecule has 0 spiro atoms. The van der Waals surface area contributed by atoms with Crippen LogP contribution in [-0.4, -0.2) is 40.9 Å². The topological polar surface area (TPSA) is 88.7 Å². The van der Waals surface area contributed by atoms with Gasteiger partial charge in [0.1, 0.15) is 11.6 Å². The van der Waals surface area contributed by atoms with Crippen molar-refractivity contribution in [1.82, 2.24) is 10.1 Å². The Morgan fingerprint density at radius 3 is 2.91 bits per heavy atom. The van der Waals surface area contributed by atoms with Crippen molar-refractivity contribution in [2.75, 3.05) is 24.6 Å². The van der Waals surface area contributed by atoms with E-state index in [1.54, 1.807) is 6.07 Å². The van der Waals surface area contributed by atoms with E-state index in [0.717, 1.165) is 44.2 Å². The zero-order valence-corrected chi connectivity index (χ0v) is 18.8. The number of hydrogen-bond donors (Lipinski definition) is 1. The first kappa shape index (κ1) is 22.6. The average Bonchev–Trinajstić information content (AvgIpc) is 3.41. The third kappa shape index (κ3) is 5.58. The van der Waals surface area contributed by atoms with Crippen molar-refractivity contribution in [2.24, 2.45) is 17.8 Å². The highest BCUT2D eigenvalue weighted by Gasteiger charge is 2.42. The van der Waals surface area contributed by atoms with Gasteiger partial charge in [-0.05, 0) is 66.6 Å². The fourth-order valence-electron chi connectivity index (χ4n) is 4.77. The van der Waals surface area contributed by atoms with Crippen LogP contribution in [0, 0.1) is 23.6 Å². The monoisotopic (exact) mass is 445 g/mol. The van der Waals surface area contributed by atoms with E-state index in [9.17, 15) is 9.18 Å². The summed E-state index contributed by atoms with van der Waals surface area (Å²) in [5, 5.41) is 13.0. The van der Waals surface area contributed by atoms with Crippen molar-refractivity contribution >= 4 is 11.9 Å². The van der Waals surface area contributed by atoms with E-state index >= 15 is 0 Å². The Bertz CT molecular complexity index is 932.